The van der Waals surface area contributed by atoms with Crippen molar-refractivity contribution in [3.63, 3.8) is 0 Å². The molecule has 0 saturated carbocycles. The van der Waals surface area contributed by atoms with Crippen LogP contribution in [0.5, 0.6) is 5.75 Å². The topological polar surface area (TPSA) is 161 Å². The van der Waals surface area contributed by atoms with Crippen LogP contribution in [0.25, 0.3) is 0 Å². The fourth-order valence-corrected chi connectivity index (χ4v) is 3.41. The van der Waals surface area contributed by atoms with E-state index in [1.807, 2.05) is 6.92 Å². The van der Waals surface area contributed by atoms with Gasteiger partial charge in [-0.25, -0.2) is 0 Å². The number of aromatic hydroxyl groups is 1. The van der Waals surface area contributed by atoms with Crippen LogP contribution in [0, 0.1) is 5.92 Å². The summed E-state index contributed by atoms with van der Waals surface area (Å²) in [5, 5.41) is 30.4. The van der Waals surface area contributed by atoms with E-state index in [2.05, 4.69) is 32.8 Å². The van der Waals surface area contributed by atoms with Gasteiger partial charge in [-0.1, -0.05) is 13.0 Å². The molecular weight excluding hydrogens is 418 g/mol. The molecule has 1 aromatic carbocycles. The highest BCUT2D eigenvalue weighted by atomic mass is 16.6. The largest absolute Gasteiger partial charge is 0.508 e. The Labute approximate surface area is 184 Å². The molecule has 1 aromatic rings. The molecule has 0 radical (unpaired) electrons. The molecule has 11 nitrogen and oxygen atoms in total. The van der Waals surface area contributed by atoms with Gasteiger partial charge in [-0.05, 0) is 12.1 Å². The van der Waals surface area contributed by atoms with Gasteiger partial charge in [-0.2, -0.15) is 0 Å². The van der Waals surface area contributed by atoms with E-state index >= 15 is 0 Å². The number of ether oxygens (including phenoxy) is 1. The summed E-state index contributed by atoms with van der Waals surface area (Å²) >= 11 is 0. The highest BCUT2D eigenvalue weighted by Gasteiger charge is 2.38. The second kappa shape index (κ2) is 10.1. The van der Waals surface area contributed by atoms with Gasteiger partial charge in [0.05, 0.1) is 31.7 Å². The summed E-state index contributed by atoms with van der Waals surface area (Å²) in [6.07, 6.45) is 0.631. The van der Waals surface area contributed by atoms with E-state index in [-0.39, 0.29) is 36.7 Å². The number of rotatable bonds is 7. The van der Waals surface area contributed by atoms with Gasteiger partial charge in [0.1, 0.15) is 11.9 Å². The number of esters is 1. The Kier molecular flexibility index (Phi) is 7.31. The lowest BCUT2D eigenvalue weighted by atomic mass is 9.98. The normalized spacial score (nSPS) is 23.2. The maximum absolute atomic E-state index is 12.5. The molecule has 2 aliphatic rings. The summed E-state index contributed by atoms with van der Waals surface area (Å²) in [6, 6.07) is 3.67. The second-order valence-corrected chi connectivity index (χ2v) is 7.73. The number of aliphatic hydroxyl groups excluding tert-OH is 1. The monoisotopic (exact) mass is 445 g/mol. The number of carbonyl (C=O) groups excluding carboxylic acids is 3. The highest BCUT2D eigenvalue weighted by molar-refractivity contribution is 6.00. The minimum Gasteiger partial charge on any atom is -0.508 e. The molecule has 4 unspecified atom stereocenters. The van der Waals surface area contributed by atoms with E-state index < -0.39 is 36.0 Å². The Bertz CT molecular complexity index is 933. The van der Waals surface area contributed by atoms with Crippen molar-refractivity contribution in [2.24, 2.45) is 10.9 Å². The summed E-state index contributed by atoms with van der Waals surface area (Å²) in [5.74, 6) is -1.31. The minimum absolute atomic E-state index is 0.0546. The van der Waals surface area contributed by atoms with Crippen LogP contribution in [0.2, 0.25) is 0 Å². The number of nitrogens with zero attached hydrogens (tertiary/aromatic N) is 1. The molecule has 2 amide bonds. The molecule has 0 aromatic heterocycles. The smallest absolute Gasteiger partial charge is 0.308 e. The molecule has 2 heterocycles. The van der Waals surface area contributed by atoms with Crippen LogP contribution in [0.3, 0.4) is 0 Å². The molecule has 4 atom stereocenters. The molecule has 11 heteroatoms. The Morgan fingerprint density at radius 2 is 2.19 bits per heavy atom. The van der Waals surface area contributed by atoms with Crippen molar-refractivity contribution in [1.29, 1.82) is 0 Å². The zero-order chi connectivity index (χ0) is 23.3. The summed E-state index contributed by atoms with van der Waals surface area (Å²) in [6.45, 7) is 5.77. The predicted octanol–water partition coefficient (Wildman–Crippen LogP) is -0.524. The van der Waals surface area contributed by atoms with Crippen molar-refractivity contribution in [2.75, 3.05) is 25.0 Å². The van der Waals surface area contributed by atoms with Crippen molar-refractivity contribution >= 4 is 29.4 Å². The molecule has 6 N–H and O–H groups in total. The van der Waals surface area contributed by atoms with E-state index in [0.29, 0.717) is 18.2 Å². The quantitative estimate of drug-likeness (QED) is 0.241. The number of guanidine groups is 1. The Morgan fingerprint density at radius 1 is 1.41 bits per heavy atom. The van der Waals surface area contributed by atoms with Crippen LogP contribution in [-0.4, -0.2) is 71.8 Å². The molecule has 0 bridgehead atoms. The average Bonchev–Trinajstić information content (AvgIpc) is 3.12. The third kappa shape index (κ3) is 5.97. The SMILES string of the molecule is C=CC(C)C1OC(=O)CC1NC(=O)CNC(=O)c1cc(O)cc(NC2=NCC(O)CN2)c1. The van der Waals surface area contributed by atoms with Gasteiger partial charge in [-0.15, -0.1) is 6.58 Å². The predicted molar refractivity (Wildman–Crippen MR) is 116 cm³/mol. The fourth-order valence-electron chi connectivity index (χ4n) is 3.41. The molecule has 32 heavy (non-hydrogen) atoms. The van der Waals surface area contributed by atoms with Crippen LogP contribution < -0.4 is 21.3 Å². The van der Waals surface area contributed by atoms with Gasteiger partial charge in [0.15, 0.2) is 5.96 Å². The van der Waals surface area contributed by atoms with Gasteiger partial charge in [0.2, 0.25) is 5.91 Å². The average molecular weight is 445 g/mol. The van der Waals surface area contributed by atoms with Crippen molar-refractivity contribution in [3.8, 4) is 5.75 Å². The number of aliphatic hydroxyl groups is 1. The van der Waals surface area contributed by atoms with Gasteiger partial charge in [0.25, 0.3) is 5.91 Å². The maximum atomic E-state index is 12.5. The summed E-state index contributed by atoms with van der Waals surface area (Å²) in [4.78, 5) is 40.5. The third-order valence-corrected chi connectivity index (χ3v) is 5.10. The Balaban J connectivity index is 1.56. The first-order chi connectivity index (χ1) is 15.2. The summed E-state index contributed by atoms with van der Waals surface area (Å²) in [7, 11) is 0. The molecule has 3 rings (SSSR count). The summed E-state index contributed by atoms with van der Waals surface area (Å²) in [5.41, 5.74) is 0.541. The second-order valence-electron chi connectivity index (χ2n) is 7.73. The zero-order valence-corrected chi connectivity index (χ0v) is 17.6. The van der Waals surface area contributed by atoms with E-state index in [1.165, 1.54) is 18.2 Å². The first kappa shape index (κ1) is 23.1. The molecular formula is C21H27N5O6. The van der Waals surface area contributed by atoms with Gasteiger partial charge in [0, 0.05) is 29.8 Å². The lowest BCUT2D eigenvalue weighted by molar-refractivity contribution is -0.142. The van der Waals surface area contributed by atoms with E-state index in [1.54, 1.807) is 6.08 Å². The van der Waals surface area contributed by atoms with E-state index in [9.17, 15) is 24.6 Å². The number of nitrogens with one attached hydrogen (secondary N) is 4. The minimum atomic E-state index is -0.568. The Hall–Kier alpha value is -3.60. The lowest BCUT2D eigenvalue weighted by Gasteiger charge is -2.22. The lowest BCUT2D eigenvalue weighted by Crippen LogP contribution is -2.46. The zero-order valence-electron chi connectivity index (χ0n) is 17.6. The number of amides is 2. The van der Waals surface area contributed by atoms with E-state index in [4.69, 9.17) is 4.74 Å². The number of aliphatic imine (C=N–C) groups is 1. The molecule has 0 spiro atoms. The molecule has 1 fully saturated rings. The Morgan fingerprint density at radius 3 is 2.88 bits per heavy atom. The number of carbonyl (C=O) groups is 3. The van der Waals surface area contributed by atoms with Crippen LogP contribution in [0.4, 0.5) is 5.69 Å². The van der Waals surface area contributed by atoms with Crippen LogP contribution in [-0.2, 0) is 14.3 Å². The van der Waals surface area contributed by atoms with E-state index in [0.717, 1.165) is 0 Å². The van der Waals surface area contributed by atoms with Crippen LogP contribution in [0.15, 0.2) is 35.8 Å². The number of phenols is 1. The van der Waals surface area contributed by atoms with Gasteiger partial charge >= 0.3 is 5.97 Å². The van der Waals surface area contributed by atoms with Crippen molar-refractivity contribution in [3.05, 3.63) is 36.4 Å². The fraction of sp³-hybridized carbons (Fsp3) is 0.429. The van der Waals surface area contributed by atoms with Crippen molar-refractivity contribution < 1.29 is 29.3 Å². The number of benzene rings is 1. The van der Waals surface area contributed by atoms with Crippen molar-refractivity contribution in [1.82, 2.24) is 16.0 Å². The molecule has 2 aliphatic heterocycles. The van der Waals surface area contributed by atoms with Crippen LogP contribution >= 0.6 is 0 Å². The third-order valence-electron chi connectivity index (χ3n) is 5.10. The molecule has 1 saturated heterocycles. The molecule has 172 valence electrons. The number of anilines is 1. The van der Waals surface area contributed by atoms with Gasteiger partial charge < -0.3 is 36.2 Å². The number of phenolic OH excluding ortho intramolecular Hbond substituents is 1. The summed E-state index contributed by atoms with van der Waals surface area (Å²) < 4.78 is 5.24. The molecule has 0 aliphatic carbocycles. The number of cyclic esters (lactones) is 1. The first-order valence-corrected chi connectivity index (χ1v) is 10.2. The standard InChI is InChI=1S/C21H27N5O6/c1-3-11(2)19-16(7-18(30)32-19)26-17(29)10-22-20(31)12-4-13(6-14(27)5-12)25-21-23-8-15(28)9-24-21/h3-6,11,15-16,19,27-28H,1,7-10H2,2H3,(H,22,31)(H,26,29)(H2,23,24,25). The first-order valence-electron chi connectivity index (χ1n) is 10.2. The van der Waals surface area contributed by atoms with Crippen molar-refractivity contribution in [2.45, 2.75) is 31.6 Å². The number of β-amino-alcohol motifs (C(OH)–C–C–N with tert-alkyl or cyclic N) is 1. The number of hydrogen-bond acceptors (Lipinski definition) is 9. The van der Waals surface area contributed by atoms with Crippen LogP contribution in [0.1, 0.15) is 23.7 Å². The number of hydrogen-bond donors (Lipinski definition) is 6. The highest BCUT2D eigenvalue weighted by Crippen LogP contribution is 2.23. The maximum Gasteiger partial charge on any atom is 0.308 e. The van der Waals surface area contributed by atoms with Gasteiger partial charge in [-0.3, -0.25) is 19.4 Å².